The molecule has 0 aliphatic carbocycles. The molecule has 0 N–H and O–H groups in total. The zero-order valence-corrected chi connectivity index (χ0v) is 11.3. The molecule has 0 spiro atoms. The largest absolute Gasteiger partial charge is 0.469 e. The van der Waals surface area contributed by atoms with Gasteiger partial charge in [-0.1, -0.05) is 6.42 Å². The lowest BCUT2D eigenvalue weighted by molar-refractivity contribution is -0.142. The van der Waals surface area contributed by atoms with Crippen LogP contribution in [0.3, 0.4) is 0 Å². The Kier molecular flexibility index (Phi) is 5.39. The maximum absolute atomic E-state index is 11.3. The zero-order valence-electron chi connectivity index (χ0n) is 10.5. The molecule has 1 aliphatic heterocycles. The smallest absolute Gasteiger partial charge is 0.307 e. The second-order valence-corrected chi connectivity index (χ2v) is 6.86. The van der Waals surface area contributed by atoms with E-state index in [1.54, 1.807) is 0 Å². The van der Waals surface area contributed by atoms with Crippen molar-refractivity contribution >= 4 is 15.8 Å². The predicted octanol–water partition coefficient (Wildman–Crippen LogP) is 0.449. The summed E-state index contributed by atoms with van der Waals surface area (Å²) >= 11 is 0. The van der Waals surface area contributed by atoms with Crippen LogP contribution in [0, 0.1) is 0 Å². The van der Waals surface area contributed by atoms with Gasteiger partial charge < -0.3 is 4.74 Å². The third-order valence-electron chi connectivity index (χ3n) is 3.13. The van der Waals surface area contributed by atoms with Gasteiger partial charge in [0.15, 0.2) is 0 Å². The molecule has 0 aromatic rings. The van der Waals surface area contributed by atoms with Crippen molar-refractivity contribution in [1.29, 1.82) is 0 Å². The molecule has 0 aromatic carbocycles. The van der Waals surface area contributed by atoms with Gasteiger partial charge in [0.2, 0.25) is 0 Å². The molecule has 5 nitrogen and oxygen atoms in total. The number of rotatable bonds is 5. The molecule has 0 bridgehead atoms. The number of hydrogen-bond acceptors (Lipinski definition) is 5. The molecular weight excluding hydrogens is 242 g/mol. The monoisotopic (exact) mass is 263 g/mol. The summed E-state index contributed by atoms with van der Waals surface area (Å²) in [7, 11) is -1.56. The van der Waals surface area contributed by atoms with Gasteiger partial charge in [-0.05, 0) is 19.4 Å². The Balaban J connectivity index is 2.50. The Morgan fingerprint density at radius 3 is 2.71 bits per heavy atom. The highest BCUT2D eigenvalue weighted by Gasteiger charge is 2.25. The van der Waals surface area contributed by atoms with Crippen LogP contribution < -0.4 is 0 Å². The average Bonchev–Trinajstić information content (AvgIpc) is 2.26. The minimum Gasteiger partial charge on any atom is -0.469 e. The maximum Gasteiger partial charge on any atom is 0.307 e. The first-order valence-corrected chi connectivity index (χ1v) is 7.97. The molecular formula is C11H21NO4S. The summed E-state index contributed by atoms with van der Waals surface area (Å²) in [6.45, 7) is 1.39. The number of likely N-dealkylation sites (tertiary alicyclic amines) is 1. The molecule has 1 atom stereocenters. The Bertz CT molecular complexity index is 352. The highest BCUT2D eigenvalue weighted by molar-refractivity contribution is 7.90. The van der Waals surface area contributed by atoms with E-state index >= 15 is 0 Å². The van der Waals surface area contributed by atoms with Gasteiger partial charge in [-0.2, -0.15) is 0 Å². The van der Waals surface area contributed by atoms with Crippen molar-refractivity contribution in [1.82, 2.24) is 4.90 Å². The Hall–Kier alpha value is -0.620. The molecule has 1 aliphatic rings. The van der Waals surface area contributed by atoms with Gasteiger partial charge in [-0.25, -0.2) is 8.42 Å². The van der Waals surface area contributed by atoms with Crippen molar-refractivity contribution in [2.24, 2.45) is 0 Å². The molecule has 1 fully saturated rings. The molecule has 0 saturated carbocycles. The summed E-state index contributed by atoms with van der Waals surface area (Å²) in [5.41, 5.74) is 0. The lowest BCUT2D eigenvalue weighted by atomic mass is 9.99. The standard InChI is InChI=1S/C11H21NO4S/c1-16-11(13)9-10-5-3-4-6-12(10)7-8-17(2,14)15/h10H,3-9H2,1-2H3. The summed E-state index contributed by atoms with van der Waals surface area (Å²) < 4.78 is 26.9. The molecule has 0 radical (unpaired) electrons. The number of ether oxygens (including phenoxy) is 1. The van der Waals surface area contributed by atoms with Gasteiger partial charge in [-0.15, -0.1) is 0 Å². The number of carbonyl (C=O) groups excluding carboxylic acids is 1. The molecule has 0 amide bonds. The fraction of sp³-hybridized carbons (Fsp3) is 0.909. The van der Waals surface area contributed by atoms with E-state index in [1.807, 2.05) is 0 Å². The van der Waals surface area contributed by atoms with Crippen LogP contribution in [0.15, 0.2) is 0 Å². The molecule has 1 unspecified atom stereocenters. The topological polar surface area (TPSA) is 63.7 Å². The number of carbonyl (C=O) groups is 1. The van der Waals surface area contributed by atoms with E-state index in [2.05, 4.69) is 9.64 Å². The van der Waals surface area contributed by atoms with E-state index in [0.717, 1.165) is 25.8 Å². The van der Waals surface area contributed by atoms with Gasteiger partial charge in [0.25, 0.3) is 0 Å². The molecule has 1 saturated heterocycles. The van der Waals surface area contributed by atoms with Crippen LogP contribution in [0.2, 0.25) is 0 Å². The quantitative estimate of drug-likeness (QED) is 0.674. The highest BCUT2D eigenvalue weighted by Crippen LogP contribution is 2.19. The van der Waals surface area contributed by atoms with Gasteiger partial charge >= 0.3 is 5.97 Å². The van der Waals surface area contributed by atoms with Crippen molar-refractivity contribution in [3.63, 3.8) is 0 Å². The van der Waals surface area contributed by atoms with Crippen LogP contribution in [0.4, 0.5) is 0 Å². The first-order chi connectivity index (χ1) is 7.92. The van der Waals surface area contributed by atoms with Gasteiger partial charge in [-0.3, -0.25) is 9.69 Å². The third-order valence-corrected chi connectivity index (χ3v) is 4.05. The molecule has 6 heteroatoms. The van der Waals surface area contributed by atoms with Crippen LogP contribution in [0.25, 0.3) is 0 Å². The molecule has 100 valence electrons. The van der Waals surface area contributed by atoms with Crippen molar-refractivity contribution in [3.8, 4) is 0 Å². The lowest BCUT2D eigenvalue weighted by Crippen LogP contribution is -2.43. The summed E-state index contributed by atoms with van der Waals surface area (Å²) in [4.78, 5) is 13.4. The number of piperidine rings is 1. The lowest BCUT2D eigenvalue weighted by Gasteiger charge is -2.34. The first kappa shape index (κ1) is 14.4. The van der Waals surface area contributed by atoms with Crippen molar-refractivity contribution in [3.05, 3.63) is 0 Å². The highest BCUT2D eigenvalue weighted by atomic mass is 32.2. The van der Waals surface area contributed by atoms with Crippen molar-refractivity contribution < 1.29 is 17.9 Å². The zero-order chi connectivity index (χ0) is 12.9. The van der Waals surface area contributed by atoms with Crippen LogP contribution >= 0.6 is 0 Å². The van der Waals surface area contributed by atoms with Crippen LogP contribution in [0.5, 0.6) is 0 Å². The fourth-order valence-electron chi connectivity index (χ4n) is 2.14. The Morgan fingerprint density at radius 1 is 1.41 bits per heavy atom. The second-order valence-electron chi connectivity index (χ2n) is 4.60. The maximum atomic E-state index is 11.3. The van der Waals surface area contributed by atoms with Crippen molar-refractivity contribution in [2.45, 2.75) is 31.7 Å². The molecule has 0 aromatic heterocycles. The van der Waals surface area contributed by atoms with E-state index in [4.69, 9.17) is 0 Å². The Labute approximate surface area is 103 Å². The number of hydrogen-bond donors (Lipinski definition) is 0. The van der Waals surface area contributed by atoms with E-state index in [9.17, 15) is 13.2 Å². The third kappa shape index (κ3) is 5.50. The molecule has 17 heavy (non-hydrogen) atoms. The van der Waals surface area contributed by atoms with E-state index in [1.165, 1.54) is 13.4 Å². The van der Waals surface area contributed by atoms with Crippen LogP contribution in [-0.4, -0.2) is 57.5 Å². The van der Waals surface area contributed by atoms with Crippen LogP contribution in [-0.2, 0) is 19.4 Å². The average molecular weight is 263 g/mol. The van der Waals surface area contributed by atoms with Crippen LogP contribution in [0.1, 0.15) is 25.7 Å². The SMILES string of the molecule is COC(=O)CC1CCCCN1CCS(C)(=O)=O. The molecule has 1 rings (SSSR count). The minimum absolute atomic E-state index is 0.137. The fourth-order valence-corrected chi connectivity index (χ4v) is 2.71. The number of nitrogens with zero attached hydrogens (tertiary/aromatic N) is 1. The van der Waals surface area contributed by atoms with E-state index in [-0.39, 0.29) is 17.8 Å². The van der Waals surface area contributed by atoms with E-state index < -0.39 is 9.84 Å². The number of esters is 1. The number of sulfone groups is 1. The summed E-state index contributed by atoms with van der Waals surface area (Å²) in [5, 5.41) is 0. The van der Waals surface area contributed by atoms with Gasteiger partial charge in [0.05, 0.1) is 19.3 Å². The second kappa shape index (κ2) is 6.35. The summed E-state index contributed by atoms with van der Waals surface area (Å²) in [5.74, 6) is -0.0636. The normalized spacial score (nSPS) is 22.4. The summed E-state index contributed by atoms with van der Waals surface area (Å²) in [6.07, 6.45) is 4.71. The molecule has 1 heterocycles. The minimum atomic E-state index is -2.94. The summed E-state index contributed by atoms with van der Waals surface area (Å²) in [6, 6.07) is 0.137. The van der Waals surface area contributed by atoms with Gasteiger partial charge in [0.1, 0.15) is 9.84 Å². The Morgan fingerprint density at radius 2 is 2.12 bits per heavy atom. The van der Waals surface area contributed by atoms with Gasteiger partial charge in [0, 0.05) is 18.8 Å². The first-order valence-electron chi connectivity index (χ1n) is 5.91. The number of methoxy groups -OCH3 is 1. The predicted molar refractivity (Wildman–Crippen MR) is 65.6 cm³/mol. The van der Waals surface area contributed by atoms with E-state index in [0.29, 0.717) is 13.0 Å². The van der Waals surface area contributed by atoms with Crippen molar-refractivity contribution in [2.75, 3.05) is 32.2 Å².